The summed E-state index contributed by atoms with van der Waals surface area (Å²) in [5.41, 5.74) is 5.35. The average molecular weight is 200 g/mol. The Kier molecular flexibility index (Phi) is 3.89. The van der Waals surface area contributed by atoms with Crippen LogP contribution in [0.25, 0.3) is 0 Å². The topological polar surface area (TPSA) is 66.6 Å². The van der Waals surface area contributed by atoms with Crippen molar-refractivity contribution < 1.29 is 9.90 Å². The maximum Gasteiger partial charge on any atom is 0.242 e. The van der Waals surface area contributed by atoms with Gasteiger partial charge in [-0.15, -0.1) is 0 Å². The van der Waals surface area contributed by atoms with Gasteiger partial charge in [-0.3, -0.25) is 4.79 Å². The molecule has 0 atom stereocenters. The van der Waals surface area contributed by atoms with Crippen molar-refractivity contribution >= 4 is 5.91 Å². The summed E-state index contributed by atoms with van der Waals surface area (Å²) < 4.78 is 0. The van der Waals surface area contributed by atoms with Crippen LogP contribution in [0, 0.1) is 0 Å². The summed E-state index contributed by atoms with van der Waals surface area (Å²) in [5, 5.41) is 8.70. The number of hydrogen-bond donors (Lipinski definition) is 2. The molecule has 1 rings (SSSR count). The fraction of sp³-hybridized carbons (Fsp3) is 0.900. The molecule has 0 bridgehead atoms. The van der Waals surface area contributed by atoms with E-state index in [1.165, 1.54) is 0 Å². The first-order chi connectivity index (χ1) is 6.64. The Morgan fingerprint density at radius 1 is 1.57 bits per heavy atom. The maximum absolute atomic E-state index is 11.9. The summed E-state index contributed by atoms with van der Waals surface area (Å²) in [6.07, 6.45) is 3.30. The lowest BCUT2D eigenvalue weighted by molar-refractivity contribution is -0.140. The highest BCUT2D eigenvalue weighted by Gasteiger charge is 2.42. The molecule has 82 valence electrons. The van der Waals surface area contributed by atoms with Gasteiger partial charge in [-0.25, -0.2) is 0 Å². The quantitative estimate of drug-likeness (QED) is 0.661. The molecule has 4 nitrogen and oxygen atoms in total. The number of rotatable bonds is 5. The standard InChI is InChI=1S/C10H20N2O2/c1-2-12(7-4-8-13)9(14)10(11)5-3-6-10/h13H,2-8,11H2,1H3. The number of nitrogens with two attached hydrogens (primary N) is 1. The van der Waals surface area contributed by atoms with E-state index in [1.807, 2.05) is 6.92 Å². The lowest BCUT2D eigenvalue weighted by Crippen LogP contribution is -2.59. The molecule has 0 aliphatic heterocycles. The molecule has 0 radical (unpaired) electrons. The van der Waals surface area contributed by atoms with Crippen molar-refractivity contribution in [2.75, 3.05) is 19.7 Å². The van der Waals surface area contributed by atoms with Crippen LogP contribution in [0.3, 0.4) is 0 Å². The molecule has 0 aromatic carbocycles. The number of carbonyl (C=O) groups excluding carboxylic acids is 1. The highest BCUT2D eigenvalue weighted by Crippen LogP contribution is 2.30. The van der Waals surface area contributed by atoms with Gasteiger partial charge < -0.3 is 15.7 Å². The Labute approximate surface area is 85.1 Å². The zero-order valence-corrected chi connectivity index (χ0v) is 8.83. The summed E-state index contributed by atoms with van der Waals surface area (Å²) in [7, 11) is 0. The van der Waals surface area contributed by atoms with E-state index in [0.29, 0.717) is 19.5 Å². The number of hydrogen-bond acceptors (Lipinski definition) is 3. The summed E-state index contributed by atoms with van der Waals surface area (Å²) in [4.78, 5) is 13.6. The molecule has 14 heavy (non-hydrogen) atoms. The van der Waals surface area contributed by atoms with Crippen LogP contribution in [0.4, 0.5) is 0 Å². The molecule has 1 fully saturated rings. The molecule has 1 amide bonds. The van der Waals surface area contributed by atoms with Gasteiger partial charge in [0.15, 0.2) is 0 Å². The van der Waals surface area contributed by atoms with Crippen molar-refractivity contribution in [2.45, 2.75) is 38.1 Å². The third kappa shape index (κ3) is 2.25. The van der Waals surface area contributed by atoms with Crippen LogP contribution in [0.1, 0.15) is 32.6 Å². The summed E-state index contributed by atoms with van der Waals surface area (Å²) >= 11 is 0. The molecule has 4 heteroatoms. The molecule has 0 spiro atoms. The van der Waals surface area contributed by atoms with Crippen LogP contribution >= 0.6 is 0 Å². The predicted molar refractivity (Wildman–Crippen MR) is 54.7 cm³/mol. The molecule has 1 saturated carbocycles. The van der Waals surface area contributed by atoms with Crippen molar-refractivity contribution in [3.63, 3.8) is 0 Å². The summed E-state index contributed by atoms with van der Waals surface area (Å²) in [6.45, 7) is 3.36. The number of aliphatic hydroxyl groups excluding tert-OH is 1. The van der Waals surface area contributed by atoms with Crippen LogP contribution in [0.2, 0.25) is 0 Å². The Morgan fingerprint density at radius 3 is 2.57 bits per heavy atom. The van der Waals surface area contributed by atoms with E-state index in [2.05, 4.69) is 0 Å². The number of carbonyl (C=O) groups is 1. The van der Waals surface area contributed by atoms with Crippen LogP contribution in [0.15, 0.2) is 0 Å². The first-order valence-electron chi connectivity index (χ1n) is 5.33. The normalized spacial score (nSPS) is 18.8. The van der Waals surface area contributed by atoms with Gasteiger partial charge in [0.05, 0.1) is 5.54 Å². The van der Waals surface area contributed by atoms with E-state index in [1.54, 1.807) is 4.90 Å². The van der Waals surface area contributed by atoms with E-state index < -0.39 is 5.54 Å². The van der Waals surface area contributed by atoms with E-state index >= 15 is 0 Å². The Hall–Kier alpha value is -0.610. The van der Waals surface area contributed by atoms with Crippen LogP contribution < -0.4 is 5.73 Å². The largest absolute Gasteiger partial charge is 0.396 e. The molecule has 1 aliphatic rings. The number of likely N-dealkylation sites (N-methyl/N-ethyl adjacent to an activating group) is 1. The molecule has 3 N–H and O–H groups in total. The minimum atomic E-state index is -0.592. The Bertz CT molecular complexity index is 202. The van der Waals surface area contributed by atoms with Crippen molar-refractivity contribution in [3.05, 3.63) is 0 Å². The van der Waals surface area contributed by atoms with E-state index in [4.69, 9.17) is 10.8 Å². The van der Waals surface area contributed by atoms with Gasteiger partial charge in [0.1, 0.15) is 0 Å². The molecule has 0 unspecified atom stereocenters. The molecular weight excluding hydrogens is 180 g/mol. The van der Waals surface area contributed by atoms with Crippen molar-refractivity contribution in [3.8, 4) is 0 Å². The zero-order valence-electron chi connectivity index (χ0n) is 8.83. The summed E-state index contributed by atoms with van der Waals surface area (Å²) in [6, 6.07) is 0. The minimum Gasteiger partial charge on any atom is -0.396 e. The van der Waals surface area contributed by atoms with Gasteiger partial charge in [-0.05, 0) is 32.6 Å². The molecule has 0 aromatic heterocycles. The number of nitrogens with zero attached hydrogens (tertiary/aromatic N) is 1. The van der Waals surface area contributed by atoms with E-state index in [0.717, 1.165) is 19.3 Å². The number of amides is 1. The fourth-order valence-corrected chi connectivity index (χ4v) is 1.75. The van der Waals surface area contributed by atoms with Gasteiger partial charge in [-0.2, -0.15) is 0 Å². The number of aliphatic hydroxyl groups is 1. The monoisotopic (exact) mass is 200 g/mol. The fourth-order valence-electron chi connectivity index (χ4n) is 1.75. The lowest BCUT2D eigenvalue weighted by atomic mass is 9.76. The van der Waals surface area contributed by atoms with Gasteiger partial charge in [0.25, 0.3) is 0 Å². The summed E-state index contributed by atoms with van der Waals surface area (Å²) in [5.74, 6) is 0.0553. The highest BCUT2D eigenvalue weighted by atomic mass is 16.3. The second kappa shape index (κ2) is 4.75. The average Bonchev–Trinajstić information content (AvgIpc) is 2.15. The van der Waals surface area contributed by atoms with Crippen molar-refractivity contribution in [2.24, 2.45) is 5.73 Å². The van der Waals surface area contributed by atoms with Gasteiger partial charge in [0.2, 0.25) is 5.91 Å². The van der Waals surface area contributed by atoms with E-state index in [-0.39, 0.29) is 12.5 Å². The first kappa shape index (κ1) is 11.5. The first-order valence-corrected chi connectivity index (χ1v) is 5.33. The van der Waals surface area contributed by atoms with Crippen molar-refractivity contribution in [1.29, 1.82) is 0 Å². The van der Waals surface area contributed by atoms with Crippen LogP contribution in [-0.4, -0.2) is 41.1 Å². The maximum atomic E-state index is 11.9. The molecule has 1 aliphatic carbocycles. The lowest BCUT2D eigenvalue weighted by Gasteiger charge is -2.40. The van der Waals surface area contributed by atoms with Gasteiger partial charge in [0, 0.05) is 19.7 Å². The van der Waals surface area contributed by atoms with Crippen LogP contribution in [0.5, 0.6) is 0 Å². The molecule has 0 saturated heterocycles. The highest BCUT2D eigenvalue weighted by molar-refractivity contribution is 5.87. The zero-order chi connectivity index (χ0) is 10.6. The van der Waals surface area contributed by atoms with E-state index in [9.17, 15) is 4.79 Å². The Morgan fingerprint density at radius 2 is 2.21 bits per heavy atom. The molecule has 0 aromatic rings. The third-order valence-electron chi connectivity index (χ3n) is 2.93. The third-order valence-corrected chi connectivity index (χ3v) is 2.93. The van der Waals surface area contributed by atoms with Gasteiger partial charge in [-0.1, -0.05) is 0 Å². The second-order valence-corrected chi connectivity index (χ2v) is 3.97. The van der Waals surface area contributed by atoms with Crippen molar-refractivity contribution in [1.82, 2.24) is 4.90 Å². The molecular formula is C10H20N2O2. The smallest absolute Gasteiger partial charge is 0.242 e. The second-order valence-electron chi connectivity index (χ2n) is 3.97. The minimum absolute atomic E-state index is 0.0553. The predicted octanol–water partition coefficient (Wildman–Crippen LogP) is 0.0987. The Balaban J connectivity index is 2.46. The van der Waals surface area contributed by atoms with Gasteiger partial charge >= 0.3 is 0 Å². The van der Waals surface area contributed by atoms with Crippen LogP contribution in [-0.2, 0) is 4.79 Å². The molecule has 0 heterocycles. The SMILES string of the molecule is CCN(CCCO)C(=O)C1(N)CCC1.